The van der Waals surface area contributed by atoms with Gasteiger partial charge in [-0.3, -0.25) is 14.3 Å². The molecule has 20 heavy (non-hydrogen) atoms. The van der Waals surface area contributed by atoms with E-state index in [-0.39, 0.29) is 17.5 Å². The SMILES string of the molecule is CC(=O)Nc1cccc(NC(=O)c2c(N)cnn2C)c1. The van der Waals surface area contributed by atoms with E-state index in [4.69, 9.17) is 5.73 Å². The summed E-state index contributed by atoms with van der Waals surface area (Å²) >= 11 is 0. The number of carbonyl (C=O) groups is 2. The van der Waals surface area contributed by atoms with Gasteiger partial charge in [-0.25, -0.2) is 0 Å². The monoisotopic (exact) mass is 273 g/mol. The molecule has 0 unspecified atom stereocenters. The molecule has 0 aliphatic carbocycles. The van der Waals surface area contributed by atoms with E-state index >= 15 is 0 Å². The van der Waals surface area contributed by atoms with Gasteiger partial charge in [-0.15, -0.1) is 0 Å². The molecular weight excluding hydrogens is 258 g/mol. The lowest BCUT2D eigenvalue weighted by Crippen LogP contribution is -2.17. The Morgan fingerprint density at radius 2 is 1.90 bits per heavy atom. The van der Waals surface area contributed by atoms with Gasteiger partial charge in [0.05, 0.1) is 11.9 Å². The summed E-state index contributed by atoms with van der Waals surface area (Å²) in [7, 11) is 1.64. The molecule has 1 aromatic carbocycles. The molecule has 0 saturated heterocycles. The fourth-order valence-corrected chi connectivity index (χ4v) is 1.80. The second-order valence-electron chi connectivity index (χ2n) is 4.29. The number of hydrogen-bond acceptors (Lipinski definition) is 4. The molecule has 0 radical (unpaired) electrons. The van der Waals surface area contributed by atoms with Gasteiger partial charge in [0.2, 0.25) is 5.91 Å². The van der Waals surface area contributed by atoms with Crippen LogP contribution in [0, 0.1) is 0 Å². The lowest BCUT2D eigenvalue weighted by atomic mass is 10.2. The zero-order chi connectivity index (χ0) is 14.7. The lowest BCUT2D eigenvalue weighted by Gasteiger charge is -2.08. The van der Waals surface area contributed by atoms with E-state index in [1.165, 1.54) is 17.8 Å². The third-order valence-electron chi connectivity index (χ3n) is 2.62. The number of nitrogens with one attached hydrogen (secondary N) is 2. The predicted molar refractivity (Wildman–Crippen MR) is 76.3 cm³/mol. The van der Waals surface area contributed by atoms with Crippen LogP contribution in [0.15, 0.2) is 30.5 Å². The summed E-state index contributed by atoms with van der Waals surface area (Å²) in [5.74, 6) is -0.535. The van der Waals surface area contributed by atoms with E-state index in [9.17, 15) is 9.59 Å². The highest BCUT2D eigenvalue weighted by Gasteiger charge is 2.15. The van der Waals surface area contributed by atoms with Crippen molar-refractivity contribution in [2.75, 3.05) is 16.4 Å². The van der Waals surface area contributed by atoms with E-state index in [1.807, 2.05) is 0 Å². The molecule has 0 spiro atoms. The molecule has 7 nitrogen and oxygen atoms in total. The summed E-state index contributed by atoms with van der Waals surface area (Å²) in [6.45, 7) is 1.42. The van der Waals surface area contributed by atoms with E-state index in [1.54, 1.807) is 31.3 Å². The molecule has 0 saturated carbocycles. The Morgan fingerprint density at radius 1 is 1.25 bits per heavy atom. The van der Waals surface area contributed by atoms with Gasteiger partial charge in [0, 0.05) is 25.3 Å². The summed E-state index contributed by atoms with van der Waals surface area (Å²) < 4.78 is 1.41. The Hall–Kier alpha value is -2.83. The van der Waals surface area contributed by atoms with Crippen molar-refractivity contribution < 1.29 is 9.59 Å². The second-order valence-corrected chi connectivity index (χ2v) is 4.29. The molecule has 1 heterocycles. The number of anilines is 3. The number of nitrogens with zero attached hydrogens (tertiary/aromatic N) is 2. The number of aromatic nitrogens is 2. The highest BCUT2D eigenvalue weighted by Crippen LogP contribution is 2.17. The first-order valence-electron chi connectivity index (χ1n) is 5.94. The topological polar surface area (TPSA) is 102 Å². The average Bonchev–Trinajstić information content (AvgIpc) is 2.68. The Labute approximate surface area is 115 Å². The molecule has 2 amide bonds. The van der Waals surface area contributed by atoms with Crippen molar-refractivity contribution in [1.29, 1.82) is 0 Å². The molecule has 0 fully saturated rings. The molecule has 0 aliphatic heterocycles. The number of benzene rings is 1. The van der Waals surface area contributed by atoms with Gasteiger partial charge in [-0.1, -0.05) is 6.07 Å². The molecule has 104 valence electrons. The smallest absolute Gasteiger partial charge is 0.276 e. The minimum Gasteiger partial charge on any atom is -0.396 e. The number of rotatable bonds is 3. The fourth-order valence-electron chi connectivity index (χ4n) is 1.80. The van der Waals surface area contributed by atoms with Gasteiger partial charge in [-0.05, 0) is 18.2 Å². The standard InChI is InChI=1S/C13H15N5O2/c1-8(19)16-9-4-3-5-10(6-9)17-13(20)12-11(14)7-15-18(12)2/h3-7H,14H2,1-2H3,(H,16,19)(H,17,20). The van der Waals surface area contributed by atoms with Crippen molar-refractivity contribution in [2.45, 2.75) is 6.92 Å². The maximum Gasteiger partial charge on any atom is 0.276 e. The summed E-state index contributed by atoms with van der Waals surface area (Å²) in [6.07, 6.45) is 1.42. The summed E-state index contributed by atoms with van der Waals surface area (Å²) in [6, 6.07) is 6.84. The molecule has 2 aromatic rings. The number of aryl methyl sites for hydroxylation is 1. The van der Waals surface area contributed by atoms with Crippen molar-refractivity contribution >= 4 is 28.9 Å². The number of nitrogen functional groups attached to an aromatic ring is 1. The fraction of sp³-hybridized carbons (Fsp3) is 0.154. The molecule has 7 heteroatoms. The van der Waals surface area contributed by atoms with Crippen molar-refractivity contribution in [1.82, 2.24) is 9.78 Å². The Kier molecular flexibility index (Phi) is 3.69. The van der Waals surface area contributed by atoms with Crippen LogP contribution < -0.4 is 16.4 Å². The predicted octanol–water partition coefficient (Wildman–Crippen LogP) is 1.21. The molecule has 0 bridgehead atoms. The summed E-state index contributed by atoms with van der Waals surface area (Å²) in [5, 5.41) is 9.26. The number of carbonyl (C=O) groups excluding carboxylic acids is 2. The van der Waals surface area contributed by atoms with E-state index in [2.05, 4.69) is 15.7 Å². The van der Waals surface area contributed by atoms with Gasteiger partial charge < -0.3 is 16.4 Å². The first kappa shape index (κ1) is 13.6. The van der Waals surface area contributed by atoms with Gasteiger partial charge in [-0.2, -0.15) is 5.10 Å². The summed E-state index contributed by atoms with van der Waals surface area (Å²) in [4.78, 5) is 23.1. The zero-order valence-electron chi connectivity index (χ0n) is 11.2. The molecule has 0 aliphatic rings. The highest BCUT2D eigenvalue weighted by atomic mass is 16.2. The maximum absolute atomic E-state index is 12.1. The molecule has 2 rings (SSSR count). The Balaban J connectivity index is 2.18. The first-order valence-corrected chi connectivity index (χ1v) is 5.94. The third-order valence-corrected chi connectivity index (χ3v) is 2.62. The number of nitrogens with two attached hydrogens (primary N) is 1. The van der Waals surface area contributed by atoms with Crippen molar-refractivity contribution in [2.24, 2.45) is 7.05 Å². The highest BCUT2D eigenvalue weighted by molar-refractivity contribution is 6.06. The Morgan fingerprint density at radius 3 is 2.45 bits per heavy atom. The van der Waals surface area contributed by atoms with Crippen LogP contribution in [0.3, 0.4) is 0 Å². The summed E-state index contributed by atoms with van der Waals surface area (Å²) in [5.41, 5.74) is 7.45. The molecule has 1 aromatic heterocycles. The minimum atomic E-state index is -0.359. The molecule has 0 atom stereocenters. The van der Waals surface area contributed by atoms with Crippen LogP contribution in [0.1, 0.15) is 17.4 Å². The van der Waals surface area contributed by atoms with Gasteiger partial charge in [0.1, 0.15) is 5.69 Å². The second kappa shape index (κ2) is 5.43. The zero-order valence-corrected chi connectivity index (χ0v) is 11.2. The maximum atomic E-state index is 12.1. The average molecular weight is 273 g/mol. The van der Waals surface area contributed by atoms with E-state index in [0.29, 0.717) is 17.1 Å². The third kappa shape index (κ3) is 2.94. The van der Waals surface area contributed by atoms with Gasteiger partial charge in [0.25, 0.3) is 5.91 Å². The minimum absolute atomic E-state index is 0.177. The van der Waals surface area contributed by atoms with Crippen molar-refractivity contribution in [3.63, 3.8) is 0 Å². The molecular formula is C13H15N5O2. The van der Waals surface area contributed by atoms with Crippen LogP contribution in [-0.2, 0) is 11.8 Å². The van der Waals surface area contributed by atoms with Gasteiger partial charge in [0.15, 0.2) is 0 Å². The Bertz CT molecular complexity index is 643. The lowest BCUT2D eigenvalue weighted by molar-refractivity contribution is -0.114. The van der Waals surface area contributed by atoms with Crippen LogP contribution in [0.25, 0.3) is 0 Å². The van der Waals surface area contributed by atoms with Crippen molar-refractivity contribution in [3.05, 3.63) is 36.2 Å². The van der Waals surface area contributed by atoms with Crippen LogP contribution in [0.4, 0.5) is 17.1 Å². The number of hydrogen-bond donors (Lipinski definition) is 3. The first-order chi connectivity index (χ1) is 9.47. The van der Waals surface area contributed by atoms with Crippen LogP contribution >= 0.6 is 0 Å². The van der Waals surface area contributed by atoms with Crippen molar-refractivity contribution in [3.8, 4) is 0 Å². The van der Waals surface area contributed by atoms with Crippen LogP contribution in [-0.4, -0.2) is 21.6 Å². The van der Waals surface area contributed by atoms with Crippen LogP contribution in [0.2, 0.25) is 0 Å². The van der Waals surface area contributed by atoms with E-state index in [0.717, 1.165) is 0 Å². The molecule has 4 N–H and O–H groups in total. The number of amides is 2. The quantitative estimate of drug-likeness (QED) is 0.782. The largest absolute Gasteiger partial charge is 0.396 e. The normalized spacial score (nSPS) is 10.1. The van der Waals surface area contributed by atoms with E-state index < -0.39 is 0 Å². The van der Waals surface area contributed by atoms with Gasteiger partial charge >= 0.3 is 0 Å². The van der Waals surface area contributed by atoms with Crippen LogP contribution in [0.5, 0.6) is 0 Å².